The first-order valence-corrected chi connectivity index (χ1v) is 6.76. The Bertz CT molecular complexity index is 314. The second kappa shape index (κ2) is 8.19. The molecule has 4 nitrogen and oxygen atoms in total. The van der Waals surface area contributed by atoms with E-state index in [0.717, 1.165) is 18.5 Å². The van der Waals surface area contributed by atoms with Gasteiger partial charge in [0, 0.05) is 25.3 Å². The highest BCUT2D eigenvalue weighted by molar-refractivity contribution is 5.10. The molecular weight excluding hydrogens is 226 g/mol. The van der Waals surface area contributed by atoms with Crippen molar-refractivity contribution in [1.82, 2.24) is 9.88 Å². The average Bonchev–Trinajstić information content (AvgIpc) is 2.42. The van der Waals surface area contributed by atoms with Crippen molar-refractivity contribution in [3.63, 3.8) is 0 Å². The van der Waals surface area contributed by atoms with Crippen molar-refractivity contribution in [1.29, 1.82) is 0 Å². The second-order valence-corrected chi connectivity index (χ2v) is 4.44. The zero-order valence-corrected chi connectivity index (χ0v) is 11.4. The summed E-state index contributed by atoms with van der Waals surface area (Å²) < 4.78 is 0. The third-order valence-corrected chi connectivity index (χ3v) is 3.42. The minimum atomic E-state index is 0.0863. The van der Waals surface area contributed by atoms with Gasteiger partial charge in [-0.05, 0) is 25.0 Å². The van der Waals surface area contributed by atoms with E-state index in [4.69, 9.17) is 5.73 Å². The molecule has 1 aromatic rings. The van der Waals surface area contributed by atoms with E-state index in [2.05, 4.69) is 23.7 Å². The van der Waals surface area contributed by atoms with E-state index in [1.54, 1.807) is 6.20 Å². The summed E-state index contributed by atoms with van der Waals surface area (Å²) >= 11 is 0. The van der Waals surface area contributed by atoms with Crippen LogP contribution in [0.1, 0.15) is 38.4 Å². The minimum Gasteiger partial charge on any atom is -0.395 e. The molecule has 102 valence electrons. The molecule has 0 aromatic carbocycles. The molecule has 3 N–H and O–H groups in total. The zero-order chi connectivity index (χ0) is 13.4. The van der Waals surface area contributed by atoms with Crippen LogP contribution in [-0.2, 0) is 0 Å². The summed E-state index contributed by atoms with van der Waals surface area (Å²) in [4.78, 5) is 6.68. The Labute approximate surface area is 110 Å². The Balaban J connectivity index is 2.93. The van der Waals surface area contributed by atoms with E-state index >= 15 is 0 Å². The maximum absolute atomic E-state index is 9.27. The predicted molar refractivity (Wildman–Crippen MR) is 74.2 cm³/mol. The number of nitrogens with two attached hydrogens (primary N) is 1. The highest BCUT2D eigenvalue weighted by atomic mass is 16.3. The molecule has 0 amide bonds. The molecule has 18 heavy (non-hydrogen) atoms. The first-order valence-electron chi connectivity index (χ1n) is 6.76. The molecule has 0 fully saturated rings. The highest BCUT2D eigenvalue weighted by Crippen LogP contribution is 2.22. The molecule has 1 heterocycles. The summed E-state index contributed by atoms with van der Waals surface area (Å²) in [5, 5.41) is 9.27. The van der Waals surface area contributed by atoms with E-state index in [-0.39, 0.29) is 12.6 Å². The Morgan fingerprint density at radius 1 is 1.33 bits per heavy atom. The van der Waals surface area contributed by atoms with Crippen molar-refractivity contribution >= 4 is 0 Å². The number of pyridine rings is 1. The standard InChI is InChI=1S/C14H25N3O/c1-3-12(4-2)17(9-10-18)14(11-15)13-7-5-6-8-16-13/h5-8,12,14,18H,3-4,9-11,15H2,1-2H3. The third-order valence-electron chi connectivity index (χ3n) is 3.42. The summed E-state index contributed by atoms with van der Waals surface area (Å²) in [5.74, 6) is 0. The van der Waals surface area contributed by atoms with Crippen LogP contribution < -0.4 is 5.73 Å². The monoisotopic (exact) mass is 251 g/mol. The van der Waals surface area contributed by atoms with Crippen molar-refractivity contribution in [2.24, 2.45) is 5.73 Å². The maximum atomic E-state index is 9.27. The van der Waals surface area contributed by atoms with E-state index in [1.807, 2.05) is 18.2 Å². The summed E-state index contributed by atoms with van der Waals surface area (Å²) in [6, 6.07) is 6.42. The zero-order valence-electron chi connectivity index (χ0n) is 11.4. The van der Waals surface area contributed by atoms with Gasteiger partial charge in [-0.3, -0.25) is 9.88 Å². The Morgan fingerprint density at radius 2 is 2.06 bits per heavy atom. The highest BCUT2D eigenvalue weighted by Gasteiger charge is 2.24. The van der Waals surface area contributed by atoms with Crippen LogP contribution in [0.2, 0.25) is 0 Å². The van der Waals surface area contributed by atoms with Crippen molar-refractivity contribution in [2.75, 3.05) is 19.7 Å². The smallest absolute Gasteiger partial charge is 0.0647 e. The van der Waals surface area contributed by atoms with Gasteiger partial charge in [0.1, 0.15) is 0 Å². The number of hydrogen-bond acceptors (Lipinski definition) is 4. The topological polar surface area (TPSA) is 62.4 Å². The van der Waals surface area contributed by atoms with Crippen LogP contribution in [0.4, 0.5) is 0 Å². The van der Waals surface area contributed by atoms with Crippen LogP contribution in [0.25, 0.3) is 0 Å². The Morgan fingerprint density at radius 3 is 2.50 bits per heavy atom. The summed E-state index contributed by atoms with van der Waals surface area (Å²) in [5.41, 5.74) is 6.91. The van der Waals surface area contributed by atoms with Gasteiger partial charge in [-0.2, -0.15) is 0 Å². The predicted octanol–water partition coefficient (Wildman–Crippen LogP) is 1.56. The van der Waals surface area contributed by atoms with Gasteiger partial charge in [-0.1, -0.05) is 19.9 Å². The molecule has 0 saturated heterocycles. The second-order valence-electron chi connectivity index (χ2n) is 4.44. The molecular formula is C14H25N3O. The van der Waals surface area contributed by atoms with Crippen molar-refractivity contribution in [2.45, 2.75) is 38.8 Å². The normalized spacial score (nSPS) is 13.2. The van der Waals surface area contributed by atoms with Crippen molar-refractivity contribution in [3.8, 4) is 0 Å². The quantitative estimate of drug-likeness (QED) is 0.736. The molecule has 1 rings (SSSR count). The van der Waals surface area contributed by atoms with E-state index in [9.17, 15) is 5.11 Å². The van der Waals surface area contributed by atoms with Gasteiger partial charge in [0.25, 0.3) is 0 Å². The van der Waals surface area contributed by atoms with Crippen molar-refractivity contribution < 1.29 is 5.11 Å². The van der Waals surface area contributed by atoms with Gasteiger partial charge in [0.2, 0.25) is 0 Å². The van der Waals surface area contributed by atoms with Gasteiger partial charge in [-0.25, -0.2) is 0 Å². The number of rotatable bonds is 8. The van der Waals surface area contributed by atoms with Crippen LogP contribution >= 0.6 is 0 Å². The van der Waals surface area contributed by atoms with Gasteiger partial charge < -0.3 is 10.8 Å². The molecule has 1 atom stereocenters. The lowest BCUT2D eigenvalue weighted by Crippen LogP contribution is -2.43. The van der Waals surface area contributed by atoms with E-state index < -0.39 is 0 Å². The third kappa shape index (κ3) is 3.77. The van der Waals surface area contributed by atoms with Crippen LogP contribution in [0.15, 0.2) is 24.4 Å². The molecule has 0 radical (unpaired) electrons. The van der Waals surface area contributed by atoms with Crippen LogP contribution in [0.3, 0.4) is 0 Å². The lowest BCUT2D eigenvalue weighted by Gasteiger charge is -2.36. The Hall–Kier alpha value is -0.970. The van der Waals surface area contributed by atoms with Crippen molar-refractivity contribution in [3.05, 3.63) is 30.1 Å². The Kier molecular flexibility index (Phi) is 6.86. The average molecular weight is 251 g/mol. The first-order chi connectivity index (χ1) is 8.78. The molecule has 0 aliphatic heterocycles. The van der Waals surface area contributed by atoms with Crippen LogP contribution in [0.5, 0.6) is 0 Å². The lowest BCUT2D eigenvalue weighted by molar-refractivity contribution is 0.0975. The van der Waals surface area contributed by atoms with Gasteiger partial charge in [-0.15, -0.1) is 0 Å². The van der Waals surface area contributed by atoms with E-state index in [1.165, 1.54) is 0 Å². The van der Waals surface area contributed by atoms with Gasteiger partial charge in [0.15, 0.2) is 0 Å². The number of nitrogens with zero attached hydrogens (tertiary/aromatic N) is 2. The first kappa shape index (κ1) is 15.1. The fourth-order valence-corrected chi connectivity index (χ4v) is 2.47. The molecule has 4 heteroatoms. The van der Waals surface area contributed by atoms with Gasteiger partial charge in [0.05, 0.1) is 18.3 Å². The fraction of sp³-hybridized carbons (Fsp3) is 0.643. The number of hydrogen-bond donors (Lipinski definition) is 2. The maximum Gasteiger partial charge on any atom is 0.0647 e. The molecule has 0 spiro atoms. The molecule has 0 aliphatic carbocycles. The summed E-state index contributed by atoms with van der Waals surface area (Å²) in [6.07, 6.45) is 3.90. The molecule has 0 saturated carbocycles. The summed E-state index contributed by atoms with van der Waals surface area (Å²) in [7, 11) is 0. The number of aliphatic hydroxyl groups is 1. The van der Waals surface area contributed by atoms with E-state index in [0.29, 0.717) is 19.1 Å². The molecule has 1 aromatic heterocycles. The largest absolute Gasteiger partial charge is 0.395 e. The van der Waals surface area contributed by atoms with Crippen LogP contribution in [0, 0.1) is 0 Å². The fourth-order valence-electron chi connectivity index (χ4n) is 2.47. The molecule has 1 unspecified atom stereocenters. The van der Waals surface area contributed by atoms with Gasteiger partial charge >= 0.3 is 0 Å². The molecule has 0 bridgehead atoms. The lowest BCUT2D eigenvalue weighted by atomic mass is 10.0. The SMILES string of the molecule is CCC(CC)N(CCO)C(CN)c1ccccn1. The minimum absolute atomic E-state index is 0.0863. The number of aliphatic hydroxyl groups excluding tert-OH is 1. The molecule has 0 aliphatic rings. The van der Waals surface area contributed by atoms with Crippen LogP contribution in [-0.4, -0.2) is 40.7 Å². The summed E-state index contributed by atoms with van der Waals surface area (Å²) in [6.45, 7) is 5.66. The number of aromatic nitrogens is 1.